The van der Waals surface area contributed by atoms with E-state index < -0.39 is 0 Å². The molecule has 0 unspecified atom stereocenters. The van der Waals surface area contributed by atoms with E-state index >= 15 is 0 Å². The molecule has 0 saturated heterocycles. The third-order valence-electron chi connectivity index (χ3n) is 3.10. The Labute approximate surface area is 128 Å². The molecule has 2 aromatic rings. The zero-order valence-electron chi connectivity index (χ0n) is 11.5. The van der Waals surface area contributed by atoms with Crippen molar-refractivity contribution in [3.8, 4) is 5.75 Å². The van der Waals surface area contributed by atoms with E-state index in [4.69, 9.17) is 33.7 Å². The van der Waals surface area contributed by atoms with E-state index in [1.807, 2.05) is 32.2 Å². The first-order valence-corrected chi connectivity index (χ1v) is 7.08. The molecular formula is C14H17Cl2N3O. The van der Waals surface area contributed by atoms with Crippen LogP contribution in [0.25, 0.3) is 0 Å². The van der Waals surface area contributed by atoms with E-state index in [9.17, 15) is 0 Å². The summed E-state index contributed by atoms with van der Waals surface area (Å²) in [6.45, 7) is 2.73. The number of hydrogen-bond acceptors (Lipinski definition) is 3. The van der Waals surface area contributed by atoms with E-state index in [1.165, 1.54) is 0 Å². The fourth-order valence-electron chi connectivity index (χ4n) is 2.04. The van der Waals surface area contributed by atoms with Gasteiger partial charge in [0.25, 0.3) is 0 Å². The van der Waals surface area contributed by atoms with Crippen LogP contribution >= 0.6 is 23.2 Å². The molecule has 0 radical (unpaired) electrons. The van der Waals surface area contributed by atoms with Gasteiger partial charge in [0, 0.05) is 17.6 Å². The third-order valence-corrected chi connectivity index (χ3v) is 3.94. The number of ether oxygens (including phenoxy) is 1. The van der Waals surface area contributed by atoms with E-state index in [-0.39, 0.29) is 0 Å². The Kier molecular flexibility index (Phi) is 4.91. The Morgan fingerprint density at radius 1 is 1.35 bits per heavy atom. The molecule has 0 aliphatic rings. The molecule has 2 rings (SSSR count). The number of hydrogen-bond donors (Lipinski definition) is 1. The fraction of sp³-hybridized carbons (Fsp3) is 0.357. The van der Waals surface area contributed by atoms with Crippen molar-refractivity contribution in [3.63, 3.8) is 0 Å². The van der Waals surface area contributed by atoms with Gasteiger partial charge in [0.1, 0.15) is 12.4 Å². The second kappa shape index (κ2) is 6.48. The predicted molar refractivity (Wildman–Crippen MR) is 81.5 cm³/mol. The van der Waals surface area contributed by atoms with Crippen molar-refractivity contribution in [2.45, 2.75) is 20.0 Å². The van der Waals surface area contributed by atoms with E-state index in [0.717, 1.165) is 22.7 Å². The summed E-state index contributed by atoms with van der Waals surface area (Å²) in [5, 5.41) is 5.56. The van der Waals surface area contributed by atoms with Crippen LogP contribution in [0, 0.1) is 6.92 Å². The number of rotatable bonds is 5. The lowest BCUT2D eigenvalue weighted by Gasteiger charge is -2.12. The Bertz CT molecular complexity index is 611. The number of nitrogens with two attached hydrogens (primary N) is 1. The van der Waals surface area contributed by atoms with Crippen LogP contribution in [0.15, 0.2) is 18.2 Å². The van der Waals surface area contributed by atoms with E-state index in [2.05, 4.69) is 5.10 Å². The smallest absolute Gasteiger partial charge is 0.131 e. The molecule has 0 spiro atoms. The van der Waals surface area contributed by atoms with Gasteiger partial charge < -0.3 is 10.5 Å². The summed E-state index contributed by atoms with van der Waals surface area (Å²) in [6, 6.07) is 5.57. The normalized spacial score (nSPS) is 10.8. The predicted octanol–water partition coefficient (Wildman–Crippen LogP) is 3.12. The topological polar surface area (TPSA) is 53.1 Å². The molecule has 0 bridgehead atoms. The highest BCUT2D eigenvalue weighted by atomic mass is 35.5. The second-order valence-corrected chi connectivity index (χ2v) is 5.30. The van der Waals surface area contributed by atoms with Crippen LogP contribution in [0.4, 0.5) is 0 Å². The lowest BCUT2D eigenvalue weighted by atomic mass is 10.1. The lowest BCUT2D eigenvalue weighted by molar-refractivity contribution is 0.292. The van der Waals surface area contributed by atoms with Crippen molar-refractivity contribution in [1.29, 1.82) is 0 Å². The number of benzene rings is 1. The summed E-state index contributed by atoms with van der Waals surface area (Å²) < 4.78 is 7.57. The summed E-state index contributed by atoms with van der Waals surface area (Å²) in [7, 11) is 1.84. The van der Waals surface area contributed by atoms with Crippen molar-refractivity contribution in [3.05, 3.63) is 45.2 Å². The summed E-state index contributed by atoms with van der Waals surface area (Å²) >= 11 is 12.4. The van der Waals surface area contributed by atoms with Gasteiger partial charge in [-0.3, -0.25) is 4.68 Å². The minimum atomic E-state index is 0.341. The van der Waals surface area contributed by atoms with Gasteiger partial charge in [-0.2, -0.15) is 5.10 Å². The average Bonchev–Trinajstić information content (AvgIpc) is 2.65. The summed E-state index contributed by atoms with van der Waals surface area (Å²) in [6.07, 6.45) is 0.674. The maximum atomic E-state index is 6.20. The molecule has 0 aliphatic heterocycles. The van der Waals surface area contributed by atoms with Gasteiger partial charge in [-0.15, -0.1) is 0 Å². The third kappa shape index (κ3) is 3.08. The summed E-state index contributed by atoms with van der Waals surface area (Å²) in [4.78, 5) is 0. The SMILES string of the molecule is Cc1nn(C)c(COc2cccc(Cl)c2CCN)c1Cl. The maximum Gasteiger partial charge on any atom is 0.131 e. The molecular weight excluding hydrogens is 297 g/mol. The molecule has 0 saturated carbocycles. The molecule has 2 N–H and O–H groups in total. The molecule has 1 aromatic carbocycles. The van der Waals surface area contributed by atoms with Crippen LogP contribution in [-0.4, -0.2) is 16.3 Å². The Morgan fingerprint density at radius 3 is 2.70 bits per heavy atom. The molecule has 4 nitrogen and oxygen atoms in total. The molecule has 1 aromatic heterocycles. The van der Waals surface area contributed by atoms with Gasteiger partial charge in [0.05, 0.1) is 16.4 Å². The lowest BCUT2D eigenvalue weighted by Crippen LogP contribution is -2.08. The highest BCUT2D eigenvalue weighted by Gasteiger charge is 2.13. The van der Waals surface area contributed by atoms with Crippen LogP contribution in [-0.2, 0) is 20.1 Å². The Hall–Kier alpha value is -1.23. The summed E-state index contributed by atoms with van der Waals surface area (Å²) in [5.41, 5.74) is 8.16. The van der Waals surface area contributed by atoms with Crippen molar-refractivity contribution < 1.29 is 4.74 Å². The molecule has 0 aliphatic carbocycles. The zero-order chi connectivity index (χ0) is 14.7. The Morgan fingerprint density at radius 2 is 2.10 bits per heavy atom. The first-order chi connectivity index (χ1) is 9.54. The standard InChI is InChI=1S/C14H17Cl2N3O/c1-9-14(16)12(19(2)18-9)8-20-13-5-3-4-11(15)10(13)6-7-17/h3-5H,6-8,17H2,1-2H3. The highest BCUT2D eigenvalue weighted by molar-refractivity contribution is 6.32. The molecule has 6 heteroatoms. The fourth-order valence-corrected chi connectivity index (χ4v) is 2.52. The monoisotopic (exact) mass is 313 g/mol. The van der Waals surface area contributed by atoms with Gasteiger partial charge in [0.2, 0.25) is 0 Å². The van der Waals surface area contributed by atoms with Crippen LogP contribution in [0.2, 0.25) is 10.0 Å². The van der Waals surface area contributed by atoms with Gasteiger partial charge in [-0.1, -0.05) is 29.3 Å². The molecule has 1 heterocycles. The number of aromatic nitrogens is 2. The first kappa shape index (κ1) is 15.2. The molecule has 0 amide bonds. The van der Waals surface area contributed by atoms with Gasteiger partial charge in [0.15, 0.2) is 0 Å². The second-order valence-electron chi connectivity index (χ2n) is 4.51. The maximum absolute atomic E-state index is 6.20. The van der Waals surface area contributed by atoms with Crippen molar-refractivity contribution >= 4 is 23.2 Å². The van der Waals surface area contributed by atoms with E-state index in [1.54, 1.807) is 4.68 Å². The first-order valence-electron chi connectivity index (χ1n) is 6.32. The van der Waals surface area contributed by atoms with Crippen molar-refractivity contribution in [1.82, 2.24) is 9.78 Å². The largest absolute Gasteiger partial charge is 0.487 e. The van der Waals surface area contributed by atoms with Crippen LogP contribution in [0.3, 0.4) is 0 Å². The van der Waals surface area contributed by atoms with Gasteiger partial charge in [-0.25, -0.2) is 0 Å². The van der Waals surface area contributed by atoms with Crippen LogP contribution in [0.1, 0.15) is 17.0 Å². The highest BCUT2D eigenvalue weighted by Crippen LogP contribution is 2.28. The Balaban J connectivity index is 2.21. The van der Waals surface area contributed by atoms with E-state index in [0.29, 0.717) is 29.6 Å². The molecule has 0 fully saturated rings. The quantitative estimate of drug-likeness (QED) is 0.922. The van der Waals surface area contributed by atoms with Crippen molar-refractivity contribution in [2.24, 2.45) is 12.8 Å². The van der Waals surface area contributed by atoms with Crippen molar-refractivity contribution in [2.75, 3.05) is 6.54 Å². The zero-order valence-corrected chi connectivity index (χ0v) is 13.0. The molecule has 108 valence electrons. The number of nitrogens with zero attached hydrogens (tertiary/aromatic N) is 2. The summed E-state index contributed by atoms with van der Waals surface area (Å²) in [5.74, 6) is 0.734. The number of halogens is 2. The van der Waals surface area contributed by atoms with Gasteiger partial charge in [-0.05, 0) is 32.0 Å². The minimum absolute atomic E-state index is 0.341. The average molecular weight is 314 g/mol. The van der Waals surface area contributed by atoms with Gasteiger partial charge >= 0.3 is 0 Å². The number of aryl methyl sites for hydroxylation is 2. The minimum Gasteiger partial charge on any atom is -0.487 e. The van der Waals surface area contributed by atoms with Crippen LogP contribution in [0.5, 0.6) is 5.75 Å². The molecule has 20 heavy (non-hydrogen) atoms. The van der Waals surface area contributed by atoms with Crippen LogP contribution < -0.4 is 10.5 Å². The molecule has 0 atom stereocenters.